The second-order valence-corrected chi connectivity index (χ2v) is 7.14. The van der Waals surface area contributed by atoms with Crippen molar-refractivity contribution in [1.82, 2.24) is 0 Å². The molecule has 1 N–H and O–H groups in total. The van der Waals surface area contributed by atoms with E-state index in [1.807, 2.05) is 24.3 Å². The van der Waals surface area contributed by atoms with Crippen LogP contribution in [-0.2, 0) is 0 Å². The molecule has 0 aliphatic heterocycles. The summed E-state index contributed by atoms with van der Waals surface area (Å²) < 4.78 is 5.31. The van der Waals surface area contributed by atoms with E-state index in [9.17, 15) is 5.26 Å². The minimum atomic E-state index is -0.361. The number of nitriles is 1. The summed E-state index contributed by atoms with van der Waals surface area (Å²) in [4.78, 5) is 0. The Labute approximate surface area is 126 Å². The summed E-state index contributed by atoms with van der Waals surface area (Å²) in [7, 11) is 1.68. The molecule has 0 aromatic heterocycles. The molecule has 110 valence electrons. The Balaban J connectivity index is 1.66. The third kappa shape index (κ3) is 1.92. The molecule has 4 saturated carbocycles. The number of nitrogens with zero attached hydrogens (tertiary/aromatic N) is 1. The molecule has 4 fully saturated rings. The van der Waals surface area contributed by atoms with Crippen LogP contribution < -0.4 is 10.1 Å². The SMILES string of the molecule is COc1cccc(NC2(C#N)C3CC4CC(C3)CC2C4)c1. The van der Waals surface area contributed by atoms with Crippen molar-refractivity contribution in [2.75, 3.05) is 12.4 Å². The molecule has 4 aliphatic carbocycles. The third-order valence-electron chi connectivity index (χ3n) is 6.03. The van der Waals surface area contributed by atoms with E-state index in [1.165, 1.54) is 32.1 Å². The summed E-state index contributed by atoms with van der Waals surface area (Å²) in [5.41, 5.74) is 0.656. The van der Waals surface area contributed by atoms with Crippen molar-refractivity contribution in [3.8, 4) is 11.8 Å². The van der Waals surface area contributed by atoms with Gasteiger partial charge in [-0.25, -0.2) is 0 Å². The van der Waals surface area contributed by atoms with Crippen LogP contribution in [0.2, 0.25) is 0 Å². The summed E-state index contributed by atoms with van der Waals surface area (Å²) in [6, 6.07) is 10.7. The molecule has 0 radical (unpaired) electrons. The van der Waals surface area contributed by atoms with Gasteiger partial charge in [-0.2, -0.15) is 5.26 Å². The Morgan fingerprint density at radius 1 is 1.14 bits per heavy atom. The van der Waals surface area contributed by atoms with Gasteiger partial charge in [-0.15, -0.1) is 0 Å². The topological polar surface area (TPSA) is 45.0 Å². The first-order chi connectivity index (χ1) is 10.2. The van der Waals surface area contributed by atoms with Crippen LogP contribution in [0.1, 0.15) is 32.1 Å². The number of anilines is 1. The Kier molecular flexibility index (Phi) is 2.89. The predicted molar refractivity (Wildman–Crippen MR) is 82.0 cm³/mol. The predicted octanol–water partition coefficient (Wildman–Crippen LogP) is 3.83. The second kappa shape index (κ2) is 4.66. The Morgan fingerprint density at radius 3 is 2.38 bits per heavy atom. The van der Waals surface area contributed by atoms with Gasteiger partial charge in [0.25, 0.3) is 0 Å². The van der Waals surface area contributed by atoms with E-state index in [-0.39, 0.29) is 5.54 Å². The number of ether oxygens (including phenoxy) is 1. The van der Waals surface area contributed by atoms with Crippen LogP contribution in [0.4, 0.5) is 5.69 Å². The molecule has 4 bridgehead atoms. The molecule has 3 heteroatoms. The molecule has 0 spiro atoms. The van der Waals surface area contributed by atoms with E-state index in [0.717, 1.165) is 23.3 Å². The maximum Gasteiger partial charge on any atom is 0.131 e. The number of benzene rings is 1. The van der Waals surface area contributed by atoms with Gasteiger partial charge < -0.3 is 10.1 Å². The molecule has 0 unspecified atom stereocenters. The molecule has 1 aromatic rings. The monoisotopic (exact) mass is 282 g/mol. The van der Waals surface area contributed by atoms with Crippen molar-refractivity contribution in [2.24, 2.45) is 23.7 Å². The van der Waals surface area contributed by atoms with Crippen LogP contribution >= 0.6 is 0 Å². The fourth-order valence-corrected chi connectivity index (χ4v) is 5.28. The van der Waals surface area contributed by atoms with E-state index in [2.05, 4.69) is 11.4 Å². The number of nitrogens with one attached hydrogen (secondary N) is 1. The zero-order chi connectivity index (χ0) is 14.4. The van der Waals surface area contributed by atoms with Gasteiger partial charge in [0.1, 0.15) is 11.3 Å². The lowest BCUT2D eigenvalue weighted by molar-refractivity contribution is -0.0206. The van der Waals surface area contributed by atoms with Gasteiger partial charge in [0.2, 0.25) is 0 Å². The van der Waals surface area contributed by atoms with Gasteiger partial charge in [0, 0.05) is 11.8 Å². The standard InChI is InChI=1S/C18H22N2O/c1-21-17-4-2-3-16(10-17)20-18(11-19)14-6-12-5-13(8-14)9-15(18)7-12/h2-4,10,12-15,20H,5-9H2,1H3. The summed E-state index contributed by atoms with van der Waals surface area (Å²) in [6.07, 6.45) is 6.35. The van der Waals surface area contributed by atoms with E-state index < -0.39 is 0 Å². The fourth-order valence-electron chi connectivity index (χ4n) is 5.28. The van der Waals surface area contributed by atoms with E-state index in [0.29, 0.717) is 11.8 Å². The highest BCUT2D eigenvalue weighted by atomic mass is 16.5. The Hall–Kier alpha value is -1.69. The summed E-state index contributed by atoms with van der Waals surface area (Å²) >= 11 is 0. The Morgan fingerprint density at radius 2 is 1.81 bits per heavy atom. The van der Waals surface area contributed by atoms with E-state index in [4.69, 9.17) is 4.74 Å². The Bertz CT molecular complexity index is 561. The molecule has 0 amide bonds. The van der Waals surface area contributed by atoms with Gasteiger partial charge in [-0.3, -0.25) is 0 Å². The van der Waals surface area contributed by atoms with Crippen LogP contribution in [0.5, 0.6) is 5.75 Å². The van der Waals surface area contributed by atoms with E-state index >= 15 is 0 Å². The highest BCUT2D eigenvalue weighted by Crippen LogP contribution is 2.58. The van der Waals surface area contributed by atoms with Crippen molar-refractivity contribution in [1.29, 1.82) is 5.26 Å². The fraction of sp³-hybridized carbons (Fsp3) is 0.611. The normalized spacial score (nSPS) is 39.8. The molecule has 1 aromatic carbocycles. The zero-order valence-electron chi connectivity index (χ0n) is 12.5. The van der Waals surface area contributed by atoms with Crippen LogP contribution in [0.15, 0.2) is 24.3 Å². The molecular formula is C18H22N2O. The zero-order valence-corrected chi connectivity index (χ0v) is 12.5. The molecule has 0 heterocycles. The number of hydrogen-bond acceptors (Lipinski definition) is 3. The molecule has 5 rings (SSSR count). The summed E-state index contributed by atoms with van der Waals surface area (Å²) in [6.45, 7) is 0. The number of methoxy groups -OCH3 is 1. The minimum Gasteiger partial charge on any atom is -0.497 e. The first-order valence-electron chi connectivity index (χ1n) is 8.07. The first kappa shape index (κ1) is 13.0. The third-order valence-corrected chi connectivity index (χ3v) is 6.03. The van der Waals surface area contributed by atoms with Gasteiger partial charge in [0.05, 0.1) is 13.2 Å². The van der Waals surface area contributed by atoms with Crippen molar-refractivity contribution in [3.05, 3.63) is 24.3 Å². The number of rotatable bonds is 3. The van der Waals surface area contributed by atoms with Crippen LogP contribution in [0, 0.1) is 35.0 Å². The molecule has 0 saturated heterocycles. The lowest BCUT2D eigenvalue weighted by Gasteiger charge is -2.58. The largest absolute Gasteiger partial charge is 0.497 e. The smallest absolute Gasteiger partial charge is 0.131 e. The lowest BCUT2D eigenvalue weighted by atomic mass is 9.49. The average molecular weight is 282 g/mol. The highest BCUT2D eigenvalue weighted by Gasteiger charge is 2.57. The van der Waals surface area contributed by atoms with Crippen molar-refractivity contribution < 1.29 is 4.74 Å². The highest BCUT2D eigenvalue weighted by molar-refractivity contribution is 5.53. The minimum absolute atomic E-state index is 0.361. The van der Waals surface area contributed by atoms with Crippen LogP contribution in [-0.4, -0.2) is 12.6 Å². The molecule has 21 heavy (non-hydrogen) atoms. The van der Waals surface area contributed by atoms with E-state index in [1.54, 1.807) is 7.11 Å². The molecule has 3 nitrogen and oxygen atoms in total. The van der Waals surface area contributed by atoms with Crippen molar-refractivity contribution in [3.63, 3.8) is 0 Å². The number of hydrogen-bond donors (Lipinski definition) is 1. The summed E-state index contributed by atoms with van der Waals surface area (Å²) in [5, 5.41) is 13.6. The van der Waals surface area contributed by atoms with Crippen molar-refractivity contribution in [2.45, 2.75) is 37.6 Å². The van der Waals surface area contributed by atoms with Gasteiger partial charge >= 0.3 is 0 Å². The first-order valence-corrected chi connectivity index (χ1v) is 8.07. The molecule has 4 aliphatic rings. The van der Waals surface area contributed by atoms with Gasteiger partial charge in [-0.1, -0.05) is 6.07 Å². The lowest BCUT2D eigenvalue weighted by Crippen LogP contribution is -2.61. The maximum atomic E-state index is 9.99. The van der Waals surface area contributed by atoms with Crippen LogP contribution in [0.25, 0.3) is 0 Å². The quantitative estimate of drug-likeness (QED) is 0.916. The van der Waals surface area contributed by atoms with Crippen molar-refractivity contribution >= 4 is 5.69 Å². The maximum absolute atomic E-state index is 9.99. The second-order valence-electron chi connectivity index (χ2n) is 7.14. The molecular weight excluding hydrogens is 260 g/mol. The van der Waals surface area contributed by atoms with Gasteiger partial charge in [0.15, 0.2) is 0 Å². The summed E-state index contributed by atoms with van der Waals surface area (Å²) in [5.74, 6) is 3.63. The van der Waals surface area contributed by atoms with Crippen LogP contribution in [0.3, 0.4) is 0 Å². The molecule has 0 atom stereocenters. The van der Waals surface area contributed by atoms with Gasteiger partial charge in [-0.05, 0) is 67.9 Å². The average Bonchev–Trinajstić information content (AvgIpc) is 2.50.